The molecule has 2 aromatic carbocycles. The van der Waals surface area contributed by atoms with Gasteiger partial charge in [-0.15, -0.1) is 0 Å². The first-order valence-corrected chi connectivity index (χ1v) is 9.72. The van der Waals surface area contributed by atoms with Gasteiger partial charge in [-0.05, 0) is 60.8 Å². The molecule has 0 atom stereocenters. The Labute approximate surface area is 164 Å². The van der Waals surface area contributed by atoms with Crippen molar-refractivity contribution < 1.29 is 4.74 Å². The molecule has 6 heteroatoms. The Morgan fingerprint density at radius 1 is 1.07 bits per heavy atom. The molecule has 1 N–H and O–H groups in total. The highest BCUT2D eigenvalue weighted by Crippen LogP contribution is 2.28. The molecule has 140 valence electrons. The lowest BCUT2D eigenvalue weighted by molar-refractivity contribution is 0.160. The number of likely N-dealkylation sites (tertiary alicyclic amines) is 1. The number of piperidine rings is 1. The molecule has 0 aliphatic carbocycles. The summed E-state index contributed by atoms with van der Waals surface area (Å²) in [6.45, 7) is 2.89. The molecule has 0 bridgehead atoms. The van der Waals surface area contributed by atoms with E-state index in [0.717, 1.165) is 36.9 Å². The number of hydrogen-bond donors (Lipinski definition) is 1. The highest BCUT2D eigenvalue weighted by molar-refractivity contribution is 7.71. The van der Waals surface area contributed by atoms with Crippen LogP contribution >= 0.6 is 12.2 Å². The van der Waals surface area contributed by atoms with Crippen molar-refractivity contribution in [2.24, 2.45) is 0 Å². The average molecular weight is 381 g/mol. The fourth-order valence-corrected chi connectivity index (χ4v) is 3.86. The minimum absolute atomic E-state index is 0.589. The summed E-state index contributed by atoms with van der Waals surface area (Å²) < 4.78 is 7.76. The van der Waals surface area contributed by atoms with Gasteiger partial charge in [0.15, 0.2) is 5.82 Å². The molecule has 1 fully saturated rings. The summed E-state index contributed by atoms with van der Waals surface area (Å²) in [5.41, 5.74) is 2.46. The van der Waals surface area contributed by atoms with Gasteiger partial charge in [0, 0.05) is 18.7 Å². The smallest absolute Gasteiger partial charge is 0.217 e. The van der Waals surface area contributed by atoms with E-state index in [9.17, 15) is 0 Å². The van der Waals surface area contributed by atoms with Crippen LogP contribution in [0.1, 0.15) is 24.3 Å². The van der Waals surface area contributed by atoms with Crippen molar-refractivity contribution in [2.45, 2.75) is 25.4 Å². The molecule has 0 amide bonds. The van der Waals surface area contributed by atoms with Gasteiger partial charge in [0.25, 0.3) is 0 Å². The molecule has 0 radical (unpaired) electrons. The first kappa shape index (κ1) is 17.9. The van der Waals surface area contributed by atoms with E-state index < -0.39 is 0 Å². The van der Waals surface area contributed by atoms with Crippen molar-refractivity contribution in [3.8, 4) is 17.1 Å². The summed E-state index contributed by atoms with van der Waals surface area (Å²) in [5, 5.41) is 3.34. The predicted molar refractivity (Wildman–Crippen MR) is 109 cm³/mol. The third kappa shape index (κ3) is 4.12. The summed E-state index contributed by atoms with van der Waals surface area (Å²) in [6, 6.07) is 18.7. The van der Waals surface area contributed by atoms with Crippen molar-refractivity contribution in [1.29, 1.82) is 0 Å². The van der Waals surface area contributed by atoms with Crippen LogP contribution in [0, 0.1) is 4.77 Å². The molecule has 27 heavy (non-hydrogen) atoms. The van der Waals surface area contributed by atoms with Crippen LogP contribution in [0.4, 0.5) is 0 Å². The Morgan fingerprint density at radius 3 is 2.44 bits per heavy atom. The minimum Gasteiger partial charge on any atom is -0.497 e. The standard InChI is InChI=1S/C21H24N4OS/c1-26-19-9-7-18(8-10-19)20-22-21(27)25(23-20)15-24-13-11-17(12-14-24)16-5-3-2-4-6-16/h2-10,17H,11-15H2,1H3,(H,22,23,27). The van der Waals surface area contributed by atoms with Crippen LogP contribution in [0.5, 0.6) is 5.75 Å². The fraction of sp³-hybridized carbons (Fsp3) is 0.333. The summed E-state index contributed by atoms with van der Waals surface area (Å²) in [5.74, 6) is 2.28. The van der Waals surface area contributed by atoms with Gasteiger partial charge in [0.05, 0.1) is 13.8 Å². The highest BCUT2D eigenvalue weighted by atomic mass is 32.1. The van der Waals surface area contributed by atoms with Gasteiger partial charge in [0.1, 0.15) is 5.75 Å². The summed E-state index contributed by atoms with van der Waals surface area (Å²) in [7, 11) is 1.66. The second kappa shape index (κ2) is 8.06. The molecular formula is C21H24N4OS. The first-order chi connectivity index (χ1) is 13.2. The van der Waals surface area contributed by atoms with E-state index in [1.54, 1.807) is 7.11 Å². The molecule has 4 rings (SSSR count). The lowest BCUT2D eigenvalue weighted by Gasteiger charge is -2.32. The zero-order chi connectivity index (χ0) is 18.6. The van der Waals surface area contributed by atoms with E-state index in [2.05, 4.69) is 45.3 Å². The van der Waals surface area contributed by atoms with E-state index in [1.807, 2.05) is 28.9 Å². The van der Waals surface area contributed by atoms with E-state index in [1.165, 1.54) is 18.4 Å². The third-order valence-electron chi connectivity index (χ3n) is 5.24. The van der Waals surface area contributed by atoms with Crippen molar-refractivity contribution in [1.82, 2.24) is 19.7 Å². The Hall–Kier alpha value is -2.44. The number of aromatic nitrogens is 3. The Balaban J connectivity index is 1.40. The second-order valence-corrected chi connectivity index (χ2v) is 7.32. The lowest BCUT2D eigenvalue weighted by Crippen LogP contribution is -2.34. The molecule has 1 saturated heterocycles. The van der Waals surface area contributed by atoms with Gasteiger partial charge < -0.3 is 4.74 Å². The highest BCUT2D eigenvalue weighted by Gasteiger charge is 2.21. The number of nitrogens with zero attached hydrogens (tertiary/aromatic N) is 3. The minimum atomic E-state index is 0.589. The zero-order valence-corrected chi connectivity index (χ0v) is 16.3. The van der Waals surface area contributed by atoms with Crippen LogP contribution in [0.25, 0.3) is 11.4 Å². The molecule has 0 spiro atoms. The number of nitrogens with one attached hydrogen (secondary N) is 1. The molecule has 1 aliphatic heterocycles. The molecule has 2 heterocycles. The average Bonchev–Trinajstić information content (AvgIpc) is 3.09. The maximum atomic E-state index is 5.46. The summed E-state index contributed by atoms with van der Waals surface area (Å²) >= 11 is 5.46. The quantitative estimate of drug-likeness (QED) is 0.664. The molecule has 5 nitrogen and oxygen atoms in total. The molecule has 1 aliphatic rings. The Morgan fingerprint density at radius 2 is 1.78 bits per heavy atom. The normalized spacial score (nSPS) is 15.7. The SMILES string of the molecule is COc1ccc(-c2nc(=S)n(CN3CCC(c4ccccc4)CC3)[nH]2)cc1. The van der Waals surface area contributed by atoms with Crippen molar-refractivity contribution in [3.63, 3.8) is 0 Å². The number of aromatic amines is 1. The van der Waals surface area contributed by atoms with Crippen molar-refractivity contribution >= 4 is 12.2 Å². The number of hydrogen-bond acceptors (Lipinski definition) is 4. The van der Waals surface area contributed by atoms with E-state index in [4.69, 9.17) is 17.0 Å². The number of benzene rings is 2. The van der Waals surface area contributed by atoms with Crippen LogP contribution < -0.4 is 4.74 Å². The third-order valence-corrected chi connectivity index (χ3v) is 5.55. The Kier molecular flexibility index (Phi) is 5.36. The van der Waals surface area contributed by atoms with E-state index >= 15 is 0 Å². The number of ether oxygens (including phenoxy) is 1. The number of methoxy groups -OCH3 is 1. The Bertz CT molecular complexity index is 925. The van der Waals surface area contributed by atoms with Crippen molar-refractivity contribution in [2.75, 3.05) is 20.2 Å². The molecular weight excluding hydrogens is 356 g/mol. The number of rotatable bonds is 5. The van der Waals surface area contributed by atoms with Crippen LogP contribution in [0.2, 0.25) is 0 Å². The topological polar surface area (TPSA) is 46.1 Å². The largest absolute Gasteiger partial charge is 0.497 e. The van der Waals surface area contributed by atoms with Crippen LogP contribution in [-0.2, 0) is 6.67 Å². The van der Waals surface area contributed by atoms with Gasteiger partial charge in [-0.1, -0.05) is 30.3 Å². The summed E-state index contributed by atoms with van der Waals surface area (Å²) in [4.78, 5) is 6.95. The molecule has 3 aromatic rings. The van der Waals surface area contributed by atoms with Crippen LogP contribution in [-0.4, -0.2) is 39.9 Å². The van der Waals surface area contributed by atoms with Crippen molar-refractivity contribution in [3.05, 3.63) is 64.9 Å². The molecule has 0 saturated carbocycles. The van der Waals surface area contributed by atoms with Crippen LogP contribution in [0.15, 0.2) is 54.6 Å². The fourth-order valence-electron chi connectivity index (χ4n) is 3.66. The van der Waals surface area contributed by atoms with Gasteiger partial charge in [-0.3, -0.25) is 10.00 Å². The van der Waals surface area contributed by atoms with Crippen LogP contribution in [0.3, 0.4) is 0 Å². The predicted octanol–water partition coefficient (Wildman–Crippen LogP) is 4.45. The number of H-pyrrole nitrogens is 1. The van der Waals surface area contributed by atoms with Gasteiger partial charge in [-0.2, -0.15) is 4.98 Å². The molecule has 0 unspecified atom stereocenters. The van der Waals surface area contributed by atoms with E-state index in [0.29, 0.717) is 10.7 Å². The second-order valence-electron chi connectivity index (χ2n) is 6.96. The molecule has 1 aromatic heterocycles. The van der Waals surface area contributed by atoms with Gasteiger partial charge >= 0.3 is 0 Å². The van der Waals surface area contributed by atoms with Gasteiger partial charge in [-0.25, -0.2) is 4.68 Å². The monoisotopic (exact) mass is 380 g/mol. The first-order valence-electron chi connectivity index (χ1n) is 9.31. The maximum absolute atomic E-state index is 5.46. The zero-order valence-electron chi connectivity index (χ0n) is 15.5. The van der Waals surface area contributed by atoms with E-state index in [-0.39, 0.29) is 0 Å². The maximum Gasteiger partial charge on any atom is 0.217 e. The van der Waals surface area contributed by atoms with Gasteiger partial charge in [0.2, 0.25) is 4.77 Å². The lowest BCUT2D eigenvalue weighted by atomic mass is 9.90. The summed E-state index contributed by atoms with van der Waals surface area (Å²) in [6.07, 6.45) is 2.35.